The van der Waals surface area contributed by atoms with E-state index in [-0.39, 0.29) is 12.1 Å². The van der Waals surface area contributed by atoms with E-state index in [2.05, 4.69) is 5.32 Å². The highest BCUT2D eigenvalue weighted by Gasteiger charge is 2.43. The number of amides is 3. The fourth-order valence-electron chi connectivity index (χ4n) is 1.79. The lowest BCUT2D eigenvalue weighted by molar-refractivity contribution is -0.439. The third kappa shape index (κ3) is 1.79. The van der Waals surface area contributed by atoms with E-state index in [9.17, 15) is 29.8 Å². The number of fused-ring (bicyclic) bond motifs is 1. The number of nitrogens with zero attached hydrogens (tertiary/aromatic N) is 2. The van der Waals surface area contributed by atoms with Gasteiger partial charge in [-0.05, 0) is 0 Å². The van der Waals surface area contributed by atoms with Crippen LogP contribution < -0.4 is 10.6 Å². The quantitative estimate of drug-likeness (QED) is 0.501. The Balaban J connectivity index is 2.55. The molecular weight excluding hydrogens is 248 g/mol. The van der Waals surface area contributed by atoms with Crippen LogP contribution in [0.4, 0.5) is 4.79 Å². The van der Waals surface area contributed by atoms with E-state index in [1.165, 1.54) is 0 Å². The molecule has 1 atom stereocenters. The lowest BCUT2D eigenvalue weighted by atomic mass is 9.91. The summed E-state index contributed by atoms with van der Waals surface area (Å²) in [6.45, 7) is 0. The molecule has 0 spiro atoms. The van der Waals surface area contributed by atoms with Crippen LogP contribution in [0.1, 0.15) is 6.42 Å². The molecule has 1 unspecified atom stereocenters. The van der Waals surface area contributed by atoms with Gasteiger partial charge in [0.2, 0.25) is 5.91 Å². The van der Waals surface area contributed by atoms with Crippen LogP contribution in [0.25, 0.3) is 0 Å². The van der Waals surface area contributed by atoms with Crippen molar-refractivity contribution in [3.63, 3.8) is 0 Å². The second kappa shape index (κ2) is 3.91. The first kappa shape index (κ1) is 11.7. The van der Waals surface area contributed by atoms with Gasteiger partial charge in [-0.1, -0.05) is 0 Å². The zero-order chi connectivity index (χ0) is 13.4. The van der Waals surface area contributed by atoms with Crippen molar-refractivity contribution in [2.75, 3.05) is 0 Å². The molecule has 10 nitrogen and oxygen atoms in total. The Morgan fingerprint density at radius 3 is 2.39 bits per heavy atom. The minimum Gasteiger partial charge on any atom is -0.304 e. The first-order chi connectivity index (χ1) is 8.40. The molecule has 1 aliphatic carbocycles. The van der Waals surface area contributed by atoms with Crippen molar-refractivity contribution < 1.29 is 19.4 Å². The number of carbonyl (C=O) groups is 2. The van der Waals surface area contributed by atoms with Gasteiger partial charge in [-0.3, -0.25) is 30.3 Å². The third-order valence-corrected chi connectivity index (χ3v) is 2.57. The fourth-order valence-corrected chi connectivity index (χ4v) is 1.79. The number of nitrogens with one attached hydrogen (secondary N) is 2. The predicted octanol–water partition coefficient (Wildman–Crippen LogP) is -0.505. The van der Waals surface area contributed by atoms with Gasteiger partial charge < -0.3 is 5.32 Å². The summed E-state index contributed by atoms with van der Waals surface area (Å²) < 4.78 is 0. The molecular formula is C8H6N4O6. The largest absolute Gasteiger partial charge is 0.325 e. The number of nitro groups is 2. The van der Waals surface area contributed by atoms with Gasteiger partial charge in [0.15, 0.2) is 0 Å². The van der Waals surface area contributed by atoms with Crippen molar-refractivity contribution in [1.82, 2.24) is 10.6 Å². The molecule has 0 saturated carbocycles. The molecule has 3 amide bonds. The van der Waals surface area contributed by atoms with Crippen molar-refractivity contribution in [3.05, 3.63) is 43.4 Å². The van der Waals surface area contributed by atoms with E-state index < -0.39 is 39.1 Å². The smallest absolute Gasteiger partial charge is 0.304 e. The average molecular weight is 254 g/mol. The van der Waals surface area contributed by atoms with Gasteiger partial charge in [-0.25, -0.2) is 4.79 Å². The molecule has 1 saturated heterocycles. The Bertz CT molecular complexity index is 548. The van der Waals surface area contributed by atoms with E-state index in [1.54, 1.807) is 0 Å². The molecule has 0 radical (unpaired) electrons. The molecule has 18 heavy (non-hydrogen) atoms. The molecule has 0 bridgehead atoms. The van der Waals surface area contributed by atoms with Crippen LogP contribution in [0.3, 0.4) is 0 Å². The molecule has 1 fully saturated rings. The molecule has 1 heterocycles. The second-order valence-corrected chi connectivity index (χ2v) is 3.65. The Kier molecular flexibility index (Phi) is 2.54. The molecule has 2 N–H and O–H groups in total. The van der Waals surface area contributed by atoms with E-state index >= 15 is 0 Å². The molecule has 2 rings (SSSR count). The number of carbonyl (C=O) groups excluding carboxylic acids is 2. The first-order valence-electron chi connectivity index (χ1n) is 4.75. The van der Waals surface area contributed by atoms with Crippen LogP contribution >= 0.6 is 0 Å². The minimum atomic E-state index is -1.12. The highest BCUT2D eigenvalue weighted by atomic mass is 16.6. The van der Waals surface area contributed by atoms with Gasteiger partial charge in [0.25, 0.3) is 11.4 Å². The summed E-state index contributed by atoms with van der Waals surface area (Å²) in [6, 6.07) is -0.886. The van der Waals surface area contributed by atoms with Gasteiger partial charge in [0, 0.05) is 0 Å². The van der Waals surface area contributed by atoms with Crippen LogP contribution in [-0.2, 0) is 4.79 Å². The first-order valence-corrected chi connectivity index (χ1v) is 4.75. The van der Waals surface area contributed by atoms with Crippen LogP contribution in [0.15, 0.2) is 23.2 Å². The topological polar surface area (TPSA) is 144 Å². The van der Waals surface area contributed by atoms with Crippen LogP contribution in [-0.4, -0.2) is 21.8 Å². The highest BCUT2D eigenvalue weighted by molar-refractivity contribution is 6.01. The monoisotopic (exact) mass is 254 g/mol. The van der Waals surface area contributed by atoms with Crippen molar-refractivity contribution in [2.24, 2.45) is 5.92 Å². The van der Waals surface area contributed by atoms with E-state index in [1.807, 2.05) is 5.32 Å². The van der Waals surface area contributed by atoms with Gasteiger partial charge in [0.05, 0.1) is 28.3 Å². The Morgan fingerprint density at radius 2 is 1.83 bits per heavy atom. The lowest BCUT2D eigenvalue weighted by Crippen LogP contribution is -2.52. The minimum absolute atomic E-state index is 0.209. The zero-order valence-electron chi connectivity index (χ0n) is 8.71. The number of rotatable bonds is 2. The molecule has 1 aliphatic heterocycles. The maximum atomic E-state index is 11.5. The third-order valence-electron chi connectivity index (χ3n) is 2.57. The normalized spacial score (nSPS) is 22.7. The number of urea groups is 1. The number of allylic oxidation sites excluding steroid dienone is 2. The Hall–Kier alpha value is -2.78. The van der Waals surface area contributed by atoms with E-state index in [0.29, 0.717) is 0 Å². The average Bonchev–Trinajstić information content (AvgIpc) is 2.27. The van der Waals surface area contributed by atoms with Crippen LogP contribution in [0.5, 0.6) is 0 Å². The predicted molar refractivity (Wildman–Crippen MR) is 53.9 cm³/mol. The molecule has 0 aromatic carbocycles. The summed E-state index contributed by atoms with van der Waals surface area (Å²) >= 11 is 0. The maximum Gasteiger partial charge on any atom is 0.325 e. The van der Waals surface area contributed by atoms with Crippen molar-refractivity contribution >= 4 is 11.9 Å². The van der Waals surface area contributed by atoms with Gasteiger partial charge in [0.1, 0.15) is 5.70 Å². The molecule has 94 valence electrons. The summed E-state index contributed by atoms with van der Waals surface area (Å²) in [6.07, 6.45) is 0.455. The summed E-state index contributed by atoms with van der Waals surface area (Å²) in [5, 5.41) is 25.5. The summed E-state index contributed by atoms with van der Waals surface area (Å²) in [4.78, 5) is 42.3. The molecule has 2 aliphatic rings. The number of hydrogen-bond donors (Lipinski definition) is 2. The van der Waals surface area contributed by atoms with Crippen molar-refractivity contribution in [1.29, 1.82) is 0 Å². The van der Waals surface area contributed by atoms with Crippen molar-refractivity contribution in [3.8, 4) is 0 Å². The number of hydrogen-bond acceptors (Lipinski definition) is 6. The Labute approximate surface area is 98.6 Å². The molecule has 10 heteroatoms. The molecule has 0 aromatic rings. The van der Waals surface area contributed by atoms with Crippen LogP contribution in [0.2, 0.25) is 0 Å². The maximum absolute atomic E-state index is 11.5. The standard InChI is InChI=1S/C8H6N4O6/c13-7-4-1-3(11(15)16)2-5(12(17)18)6(4)9-8(14)10-7/h2,4H,1H2,(H2,9,10,13,14). The van der Waals surface area contributed by atoms with Crippen LogP contribution in [0, 0.1) is 26.1 Å². The molecule has 0 aromatic heterocycles. The van der Waals surface area contributed by atoms with Crippen molar-refractivity contribution in [2.45, 2.75) is 6.42 Å². The van der Waals surface area contributed by atoms with Gasteiger partial charge in [-0.2, -0.15) is 0 Å². The summed E-state index contributed by atoms with van der Waals surface area (Å²) in [5.74, 6) is -1.91. The van der Waals surface area contributed by atoms with Gasteiger partial charge >= 0.3 is 6.03 Å². The fraction of sp³-hybridized carbons (Fsp3) is 0.250. The lowest BCUT2D eigenvalue weighted by Gasteiger charge is -2.25. The van der Waals surface area contributed by atoms with E-state index in [0.717, 1.165) is 6.08 Å². The van der Waals surface area contributed by atoms with Gasteiger partial charge in [-0.15, -0.1) is 0 Å². The second-order valence-electron chi connectivity index (χ2n) is 3.65. The summed E-state index contributed by atoms with van der Waals surface area (Å²) in [5.41, 5.74) is -1.29. The Morgan fingerprint density at radius 1 is 1.17 bits per heavy atom. The zero-order valence-corrected chi connectivity index (χ0v) is 8.71. The summed E-state index contributed by atoms with van der Waals surface area (Å²) in [7, 11) is 0. The SMILES string of the molecule is O=C1NC(=O)C2CC([N+](=O)[O-])=CC([N+](=O)[O-])=C2N1. The number of imide groups is 1. The van der Waals surface area contributed by atoms with E-state index in [4.69, 9.17) is 0 Å². The highest BCUT2D eigenvalue weighted by Crippen LogP contribution is 2.30.